The second-order valence-corrected chi connectivity index (χ2v) is 10.6. The summed E-state index contributed by atoms with van der Waals surface area (Å²) in [4.78, 5) is 0. The van der Waals surface area contributed by atoms with Gasteiger partial charge in [-0.25, -0.2) is 0 Å². The maximum absolute atomic E-state index is 3.74. The zero-order valence-corrected chi connectivity index (χ0v) is 20.7. The van der Waals surface area contributed by atoms with Crippen LogP contribution in [0.25, 0.3) is 5.47 Å². The molecule has 0 spiro atoms. The Bertz CT molecular complexity index is 1090. The van der Waals surface area contributed by atoms with Crippen LogP contribution in [0.3, 0.4) is 0 Å². The highest BCUT2D eigenvalue weighted by atomic mass is 16.6. The van der Waals surface area contributed by atoms with E-state index in [1.807, 2.05) is 0 Å². The van der Waals surface area contributed by atoms with Gasteiger partial charge in [0.05, 0.1) is 7.11 Å². The highest BCUT2D eigenvalue weighted by molar-refractivity contribution is 7.12. The molecule has 0 aromatic heterocycles. The molecule has 33 heavy (non-hydrogen) atoms. The van der Waals surface area contributed by atoms with E-state index < -0.39 is 6.35 Å². The Morgan fingerprint density at radius 1 is 0.636 bits per heavy atom. The van der Waals surface area contributed by atoms with Gasteiger partial charge in [0.25, 0.3) is 0 Å². The molecule has 1 fully saturated rings. The molecule has 170 valence electrons. The Morgan fingerprint density at radius 2 is 1.09 bits per heavy atom. The quantitative estimate of drug-likeness (QED) is 0.327. The molecule has 2 aliphatic rings. The van der Waals surface area contributed by atoms with Gasteiger partial charge in [-0.3, -0.25) is 0 Å². The van der Waals surface area contributed by atoms with Crippen molar-refractivity contribution in [2.45, 2.75) is 52.9 Å². The van der Waals surface area contributed by atoms with Crippen molar-refractivity contribution in [3.63, 3.8) is 0 Å². The molecule has 0 atom stereocenters. The first-order valence-electron chi connectivity index (χ1n) is 12.7. The summed E-state index contributed by atoms with van der Waals surface area (Å²) in [6, 6.07) is 27.9. The molecule has 1 aliphatic carbocycles. The van der Waals surface area contributed by atoms with Crippen molar-refractivity contribution in [3.05, 3.63) is 101 Å². The second-order valence-electron chi connectivity index (χ2n) is 10.6. The molecule has 1 saturated carbocycles. The molecule has 2 heteroatoms. The SMILES string of the molecule is Cc1ccc(C2=C(C3CCCCC3)C[O+](C)[B-]2(c2ccc(C)cc2)c2ccc(C)cc2)cc1. The fraction of sp³-hybridized carbons (Fsp3) is 0.355. The number of rotatable bonds is 4. The monoisotopic (exact) mass is 436 g/mol. The van der Waals surface area contributed by atoms with Crippen molar-refractivity contribution in [2.24, 2.45) is 5.92 Å². The molecule has 1 heterocycles. The minimum absolute atomic E-state index is 0.685. The summed E-state index contributed by atoms with van der Waals surface area (Å²) >= 11 is 0. The van der Waals surface area contributed by atoms with Gasteiger partial charge in [0.15, 0.2) is 0 Å². The van der Waals surface area contributed by atoms with Gasteiger partial charge in [-0.2, -0.15) is 0 Å². The summed E-state index contributed by atoms with van der Waals surface area (Å²) in [5.41, 5.74) is 11.4. The molecule has 1 aliphatic heterocycles. The molecule has 0 amide bonds. The predicted octanol–water partition coefficient (Wildman–Crippen LogP) is 6.44. The Balaban J connectivity index is 1.82. The van der Waals surface area contributed by atoms with Crippen molar-refractivity contribution in [2.75, 3.05) is 13.7 Å². The topological polar surface area (TPSA) is 2.70 Å². The van der Waals surface area contributed by atoms with Crippen molar-refractivity contribution < 1.29 is 4.28 Å². The van der Waals surface area contributed by atoms with E-state index in [-0.39, 0.29) is 0 Å². The molecular formula is C31H37BO. The Kier molecular flexibility index (Phi) is 6.06. The number of hydrogen-bond acceptors (Lipinski definition) is 0. The van der Waals surface area contributed by atoms with Crippen LogP contribution in [0.1, 0.15) is 54.4 Å². The molecule has 5 rings (SSSR count). The highest BCUT2D eigenvalue weighted by Crippen LogP contribution is 2.45. The van der Waals surface area contributed by atoms with E-state index in [2.05, 4.69) is 105 Å². The van der Waals surface area contributed by atoms with Crippen LogP contribution in [-0.2, 0) is 4.28 Å². The number of benzene rings is 3. The molecule has 0 radical (unpaired) electrons. The molecule has 1 nitrogen and oxygen atoms in total. The van der Waals surface area contributed by atoms with Crippen molar-refractivity contribution in [3.8, 4) is 0 Å². The van der Waals surface area contributed by atoms with Crippen LogP contribution in [0.15, 0.2) is 78.4 Å². The van der Waals surface area contributed by atoms with Gasteiger partial charge in [-0.15, -0.1) is 10.9 Å². The van der Waals surface area contributed by atoms with E-state index in [0.717, 1.165) is 6.61 Å². The van der Waals surface area contributed by atoms with Crippen LogP contribution in [0.5, 0.6) is 0 Å². The van der Waals surface area contributed by atoms with E-state index in [0.29, 0.717) is 5.92 Å². The molecule has 0 saturated heterocycles. The lowest BCUT2D eigenvalue weighted by Gasteiger charge is -2.43. The van der Waals surface area contributed by atoms with Gasteiger partial charge in [-0.1, -0.05) is 120 Å². The van der Waals surface area contributed by atoms with Gasteiger partial charge >= 0.3 is 6.35 Å². The lowest BCUT2D eigenvalue weighted by Crippen LogP contribution is -2.64. The van der Waals surface area contributed by atoms with E-state index in [1.165, 1.54) is 65.3 Å². The zero-order chi connectivity index (χ0) is 23.0. The van der Waals surface area contributed by atoms with E-state index in [1.54, 1.807) is 11.0 Å². The molecule has 3 aromatic carbocycles. The third kappa shape index (κ3) is 3.89. The molecule has 0 unspecified atom stereocenters. The van der Waals surface area contributed by atoms with Crippen LogP contribution in [0, 0.1) is 26.7 Å². The first kappa shape index (κ1) is 22.2. The van der Waals surface area contributed by atoms with Crippen molar-refractivity contribution in [1.29, 1.82) is 0 Å². The first-order chi connectivity index (χ1) is 16.0. The summed E-state index contributed by atoms with van der Waals surface area (Å²) in [5.74, 6) is 0.685. The molecule has 0 bridgehead atoms. The fourth-order valence-electron chi connectivity index (χ4n) is 6.52. The summed E-state index contributed by atoms with van der Waals surface area (Å²) in [5, 5.41) is 0. The van der Waals surface area contributed by atoms with Gasteiger partial charge < -0.3 is 4.28 Å². The zero-order valence-electron chi connectivity index (χ0n) is 20.7. The Morgan fingerprint density at radius 3 is 1.58 bits per heavy atom. The fourth-order valence-corrected chi connectivity index (χ4v) is 6.52. The summed E-state index contributed by atoms with van der Waals surface area (Å²) in [7, 11) is 2.28. The van der Waals surface area contributed by atoms with Gasteiger partial charge in [0.2, 0.25) is 0 Å². The lowest BCUT2D eigenvalue weighted by atomic mass is 9.26. The van der Waals surface area contributed by atoms with Crippen molar-refractivity contribution in [1.82, 2.24) is 0 Å². The van der Waals surface area contributed by atoms with Crippen LogP contribution >= 0.6 is 0 Å². The standard InChI is InChI=1S/C31H37BO/c1-23-10-16-27(17-11-23)31-30(26-8-6-5-7-9-26)22-33(4)32(31,28-18-12-24(2)13-19-28)29-20-14-25(3)15-21-29/h10-21,26H,5-9,22H2,1-4H3. The smallest absolute Gasteiger partial charge is 0.377 e. The Labute approximate surface area is 200 Å². The van der Waals surface area contributed by atoms with Gasteiger partial charge in [0, 0.05) is 0 Å². The number of aryl methyl sites for hydroxylation is 3. The predicted molar refractivity (Wildman–Crippen MR) is 144 cm³/mol. The normalized spacial score (nSPS) is 19.3. The van der Waals surface area contributed by atoms with E-state index in [4.69, 9.17) is 0 Å². The average Bonchev–Trinajstić information content (AvgIpc) is 3.15. The summed E-state index contributed by atoms with van der Waals surface area (Å²) in [6.07, 6.45) is 5.47. The Hall–Kier alpha value is -2.58. The van der Waals surface area contributed by atoms with Crippen LogP contribution < -0.4 is 10.9 Å². The molecule has 3 aromatic rings. The van der Waals surface area contributed by atoms with Crippen molar-refractivity contribution >= 4 is 22.7 Å². The van der Waals surface area contributed by atoms with Crippen LogP contribution in [-0.4, -0.2) is 20.1 Å². The first-order valence-corrected chi connectivity index (χ1v) is 12.7. The minimum atomic E-state index is -1.29. The van der Waals surface area contributed by atoms with Crippen LogP contribution in [0.2, 0.25) is 0 Å². The molecular weight excluding hydrogens is 399 g/mol. The molecule has 0 N–H and O–H groups in total. The van der Waals surface area contributed by atoms with E-state index in [9.17, 15) is 0 Å². The third-order valence-corrected chi connectivity index (χ3v) is 8.29. The second kappa shape index (κ2) is 8.99. The average molecular weight is 436 g/mol. The largest absolute Gasteiger partial charge is 0.659 e. The number of hydrogen-bond donors (Lipinski definition) is 0. The lowest BCUT2D eigenvalue weighted by molar-refractivity contribution is 0.0786. The van der Waals surface area contributed by atoms with Gasteiger partial charge in [0.1, 0.15) is 6.61 Å². The summed E-state index contributed by atoms with van der Waals surface area (Å²) < 4.78 is 3.74. The third-order valence-electron chi connectivity index (χ3n) is 8.29. The maximum atomic E-state index is 3.74. The van der Waals surface area contributed by atoms with Gasteiger partial charge in [-0.05, 0) is 45.1 Å². The van der Waals surface area contributed by atoms with E-state index >= 15 is 0 Å². The summed E-state index contributed by atoms with van der Waals surface area (Å²) in [6.45, 7) is 7.54. The highest BCUT2D eigenvalue weighted by Gasteiger charge is 2.52. The van der Waals surface area contributed by atoms with Crippen LogP contribution in [0.4, 0.5) is 0 Å². The minimum Gasteiger partial charge on any atom is -0.659 e. The maximum Gasteiger partial charge on any atom is 0.377 e.